The van der Waals surface area contributed by atoms with E-state index < -0.39 is 11.9 Å². The van der Waals surface area contributed by atoms with Crippen LogP contribution in [0.3, 0.4) is 0 Å². The van der Waals surface area contributed by atoms with E-state index in [1.165, 1.54) is 0 Å². The number of aliphatic carboxylic acids is 1. The summed E-state index contributed by atoms with van der Waals surface area (Å²) in [5.41, 5.74) is 1.78. The van der Waals surface area contributed by atoms with Gasteiger partial charge in [0, 0.05) is 18.7 Å². The number of carbonyl (C=O) groups excluding carboxylic acids is 1. The Morgan fingerprint density at radius 3 is 2.65 bits per heavy atom. The number of aryl methyl sites for hydroxylation is 1. The van der Waals surface area contributed by atoms with E-state index in [1.54, 1.807) is 12.1 Å². The molecule has 2 rings (SSSR count). The summed E-state index contributed by atoms with van der Waals surface area (Å²) < 4.78 is 5.38. The van der Waals surface area contributed by atoms with Crippen LogP contribution < -0.4 is 5.32 Å². The summed E-state index contributed by atoms with van der Waals surface area (Å²) in [5.74, 6) is -2.05. The van der Waals surface area contributed by atoms with Crippen molar-refractivity contribution < 1.29 is 19.4 Å². The highest BCUT2D eigenvalue weighted by Crippen LogP contribution is 2.24. The van der Waals surface area contributed by atoms with Crippen LogP contribution in [0.2, 0.25) is 0 Å². The molecule has 1 aliphatic heterocycles. The fourth-order valence-electron chi connectivity index (χ4n) is 2.35. The standard InChI is InChI=1S/C15H19NO4/c1-10-4-6-11(7-5-10)16-14(17)9-12(15(18)19)13-3-2-8-20-13/h4-7,12-13H,2-3,8-9H2,1H3,(H,16,17)(H,18,19). The van der Waals surface area contributed by atoms with Crippen LogP contribution >= 0.6 is 0 Å². The van der Waals surface area contributed by atoms with Crippen molar-refractivity contribution in [3.05, 3.63) is 29.8 Å². The maximum Gasteiger partial charge on any atom is 0.309 e. The van der Waals surface area contributed by atoms with Crippen molar-refractivity contribution in [1.82, 2.24) is 0 Å². The van der Waals surface area contributed by atoms with Gasteiger partial charge in [0.25, 0.3) is 0 Å². The van der Waals surface area contributed by atoms with Crippen LogP contribution in [0.25, 0.3) is 0 Å². The van der Waals surface area contributed by atoms with Gasteiger partial charge in [0.05, 0.1) is 12.0 Å². The second-order valence-corrected chi connectivity index (χ2v) is 5.11. The van der Waals surface area contributed by atoms with Crippen molar-refractivity contribution in [3.8, 4) is 0 Å². The molecular weight excluding hydrogens is 258 g/mol. The molecular formula is C15H19NO4. The number of carboxylic acids is 1. The summed E-state index contributed by atoms with van der Waals surface area (Å²) >= 11 is 0. The first-order valence-corrected chi connectivity index (χ1v) is 6.77. The maximum atomic E-state index is 11.9. The molecule has 2 N–H and O–H groups in total. The molecule has 0 aliphatic carbocycles. The second kappa shape index (κ2) is 6.52. The highest BCUT2D eigenvalue weighted by molar-refractivity contribution is 5.93. The average molecular weight is 277 g/mol. The highest BCUT2D eigenvalue weighted by Gasteiger charge is 2.33. The Labute approximate surface area is 117 Å². The number of hydrogen-bond donors (Lipinski definition) is 2. The number of anilines is 1. The van der Waals surface area contributed by atoms with Crippen molar-refractivity contribution in [2.24, 2.45) is 5.92 Å². The van der Waals surface area contributed by atoms with Crippen molar-refractivity contribution >= 4 is 17.6 Å². The van der Waals surface area contributed by atoms with E-state index in [1.807, 2.05) is 19.1 Å². The number of rotatable bonds is 5. The van der Waals surface area contributed by atoms with Crippen LogP contribution in [0.5, 0.6) is 0 Å². The molecule has 5 heteroatoms. The monoisotopic (exact) mass is 277 g/mol. The fraction of sp³-hybridized carbons (Fsp3) is 0.467. The number of benzene rings is 1. The predicted octanol–water partition coefficient (Wildman–Crippen LogP) is 2.20. The minimum atomic E-state index is -0.976. The number of carbonyl (C=O) groups is 2. The lowest BCUT2D eigenvalue weighted by Crippen LogP contribution is -2.31. The minimum Gasteiger partial charge on any atom is -0.481 e. The summed E-state index contributed by atoms with van der Waals surface area (Å²) in [6.07, 6.45) is 1.15. The zero-order valence-corrected chi connectivity index (χ0v) is 11.5. The third kappa shape index (κ3) is 3.81. The molecule has 0 saturated carbocycles. The van der Waals surface area contributed by atoms with E-state index in [4.69, 9.17) is 4.74 Å². The summed E-state index contributed by atoms with van der Waals surface area (Å²) in [7, 11) is 0. The third-order valence-corrected chi connectivity index (χ3v) is 3.47. The normalized spacial score (nSPS) is 19.6. The zero-order valence-electron chi connectivity index (χ0n) is 11.5. The number of nitrogens with one attached hydrogen (secondary N) is 1. The molecule has 0 spiro atoms. The van der Waals surface area contributed by atoms with Crippen LogP contribution in [0.15, 0.2) is 24.3 Å². The molecule has 0 bridgehead atoms. The molecule has 0 aromatic heterocycles. The molecule has 1 amide bonds. The summed E-state index contributed by atoms with van der Waals surface area (Å²) in [6, 6.07) is 7.39. The van der Waals surface area contributed by atoms with Gasteiger partial charge in [0.1, 0.15) is 0 Å². The van der Waals surface area contributed by atoms with E-state index in [2.05, 4.69) is 5.32 Å². The van der Waals surface area contributed by atoms with Gasteiger partial charge in [0.15, 0.2) is 0 Å². The average Bonchev–Trinajstić information content (AvgIpc) is 2.92. The van der Waals surface area contributed by atoms with Crippen molar-refractivity contribution in [3.63, 3.8) is 0 Å². The van der Waals surface area contributed by atoms with Crippen LogP contribution in [-0.4, -0.2) is 29.7 Å². The topological polar surface area (TPSA) is 75.6 Å². The van der Waals surface area contributed by atoms with Gasteiger partial charge in [0.2, 0.25) is 5.91 Å². The molecule has 20 heavy (non-hydrogen) atoms. The summed E-state index contributed by atoms with van der Waals surface area (Å²) in [6.45, 7) is 2.54. The first kappa shape index (κ1) is 14.5. The Balaban J connectivity index is 1.94. The van der Waals surface area contributed by atoms with Gasteiger partial charge in [-0.3, -0.25) is 9.59 Å². The summed E-state index contributed by atoms with van der Waals surface area (Å²) in [5, 5.41) is 11.9. The molecule has 1 heterocycles. The van der Waals surface area contributed by atoms with Crippen molar-refractivity contribution in [2.75, 3.05) is 11.9 Å². The Kier molecular flexibility index (Phi) is 4.74. The fourth-order valence-corrected chi connectivity index (χ4v) is 2.35. The van der Waals surface area contributed by atoms with E-state index in [-0.39, 0.29) is 18.4 Å². The second-order valence-electron chi connectivity index (χ2n) is 5.11. The SMILES string of the molecule is Cc1ccc(NC(=O)CC(C(=O)O)C2CCCO2)cc1. The number of hydrogen-bond acceptors (Lipinski definition) is 3. The van der Waals surface area contributed by atoms with E-state index >= 15 is 0 Å². The van der Waals surface area contributed by atoms with Gasteiger partial charge in [-0.05, 0) is 31.9 Å². The quantitative estimate of drug-likeness (QED) is 0.865. The van der Waals surface area contributed by atoms with Crippen LogP contribution in [0.1, 0.15) is 24.8 Å². The smallest absolute Gasteiger partial charge is 0.309 e. The first-order valence-electron chi connectivity index (χ1n) is 6.77. The molecule has 1 aliphatic rings. The number of carboxylic acid groups (broad SMARTS) is 1. The lowest BCUT2D eigenvalue weighted by atomic mass is 9.96. The molecule has 0 radical (unpaired) electrons. The van der Waals surface area contributed by atoms with Crippen molar-refractivity contribution in [1.29, 1.82) is 0 Å². The Morgan fingerprint density at radius 1 is 1.40 bits per heavy atom. The van der Waals surface area contributed by atoms with Gasteiger partial charge in [-0.15, -0.1) is 0 Å². The molecule has 1 fully saturated rings. The minimum absolute atomic E-state index is 0.0616. The predicted molar refractivity (Wildman–Crippen MR) is 74.5 cm³/mol. The summed E-state index contributed by atoms with van der Waals surface area (Å²) in [4.78, 5) is 23.2. The van der Waals surface area contributed by atoms with Crippen molar-refractivity contribution in [2.45, 2.75) is 32.3 Å². The van der Waals surface area contributed by atoms with Crippen LogP contribution in [0, 0.1) is 12.8 Å². The Bertz CT molecular complexity index is 477. The van der Waals surface area contributed by atoms with Crippen LogP contribution in [0.4, 0.5) is 5.69 Å². The van der Waals surface area contributed by atoms with E-state index in [0.29, 0.717) is 18.7 Å². The zero-order chi connectivity index (χ0) is 14.5. The molecule has 1 aromatic carbocycles. The lowest BCUT2D eigenvalue weighted by molar-refractivity contribution is -0.148. The molecule has 2 unspecified atom stereocenters. The van der Waals surface area contributed by atoms with Gasteiger partial charge in [-0.2, -0.15) is 0 Å². The molecule has 1 aromatic rings. The lowest BCUT2D eigenvalue weighted by Gasteiger charge is -2.18. The van der Waals surface area contributed by atoms with E-state index in [9.17, 15) is 14.7 Å². The highest BCUT2D eigenvalue weighted by atomic mass is 16.5. The first-order chi connectivity index (χ1) is 9.56. The Hall–Kier alpha value is -1.88. The van der Waals surface area contributed by atoms with E-state index in [0.717, 1.165) is 12.0 Å². The molecule has 5 nitrogen and oxygen atoms in total. The maximum absolute atomic E-state index is 11.9. The Morgan fingerprint density at radius 2 is 2.10 bits per heavy atom. The van der Waals surface area contributed by atoms with Gasteiger partial charge in [-0.1, -0.05) is 17.7 Å². The molecule has 1 saturated heterocycles. The molecule has 108 valence electrons. The van der Waals surface area contributed by atoms with Gasteiger partial charge in [-0.25, -0.2) is 0 Å². The van der Waals surface area contributed by atoms with Crippen LogP contribution in [-0.2, 0) is 14.3 Å². The number of amides is 1. The van der Waals surface area contributed by atoms with Gasteiger partial charge < -0.3 is 15.2 Å². The van der Waals surface area contributed by atoms with Gasteiger partial charge >= 0.3 is 5.97 Å². The third-order valence-electron chi connectivity index (χ3n) is 3.47. The largest absolute Gasteiger partial charge is 0.481 e. The molecule has 2 atom stereocenters. The number of ether oxygens (including phenoxy) is 1.